The molecule has 8 nitrogen and oxygen atoms in total. The normalized spacial score (nSPS) is 16.3. The van der Waals surface area contributed by atoms with E-state index in [1.165, 1.54) is 0 Å². The molecule has 2 amide bonds. The Balaban J connectivity index is 2.46. The molecule has 0 unspecified atom stereocenters. The number of hydrogen-bond acceptors (Lipinski definition) is 4. The quantitative estimate of drug-likeness (QED) is 0.324. The molecule has 1 heterocycles. The van der Waals surface area contributed by atoms with Gasteiger partial charge in [-0.3, -0.25) is 9.79 Å². The molecule has 0 saturated carbocycles. The van der Waals surface area contributed by atoms with Gasteiger partial charge >= 0.3 is 6.09 Å². The molecule has 0 aromatic heterocycles. The summed E-state index contributed by atoms with van der Waals surface area (Å²) < 4.78 is 5.32. The van der Waals surface area contributed by atoms with Gasteiger partial charge in [-0.2, -0.15) is 0 Å². The number of nitrogens with zero attached hydrogens (tertiary/aromatic N) is 2. The summed E-state index contributed by atoms with van der Waals surface area (Å²) in [5, 5.41) is 9.39. The number of hydrogen-bond donors (Lipinski definition) is 3. The Morgan fingerprint density at radius 1 is 1.14 bits per heavy atom. The predicted molar refractivity (Wildman–Crippen MR) is 117 cm³/mol. The zero-order valence-electron chi connectivity index (χ0n) is 19.2. The van der Waals surface area contributed by atoms with Gasteiger partial charge in [0.15, 0.2) is 5.96 Å². The summed E-state index contributed by atoms with van der Waals surface area (Å²) in [6.07, 6.45) is 4.36. The molecule has 1 aliphatic heterocycles. The summed E-state index contributed by atoms with van der Waals surface area (Å²) in [6, 6.07) is 0. The average Bonchev–Trinajstić information content (AvgIpc) is 2.78. The van der Waals surface area contributed by atoms with Crippen molar-refractivity contribution < 1.29 is 14.3 Å². The van der Waals surface area contributed by atoms with Crippen LogP contribution in [0.5, 0.6) is 0 Å². The highest BCUT2D eigenvalue weighted by Gasteiger charge is 2.24. The molecular weight excluding hydrogens is 370 g/mol. The summed E-state index contributed by atoms with van der Waals surface area (Å²) in [6.45, 7) is 14.9. The van der Waals surface area contributed by atoms with Crippen LogP contribution in [0.2, 0.25) is 0 Å². The average molecular weight is 412 g/mol. The first-order valence-electron chi connectivity index (χ1n) is 10.8. The standard InChI is InChI=1S/C21H41N5O3/c1-7-22-18(23-13-11-15-26-14-10-8-9-12-17(26)27)24-16-21(5,6)25-19(28)29-20(2,3)4/h7-16H2,1-6H3,(H,25,28)(H2,22,23,24). The maximum Gasteiger partial charge on any atom is 0.408 e. The lowest BCUT2D eigenvalue weighted by atomic mass is 10.1. The summed E-state index contributed by atoms with van der Waals surface area (Å²) in [7, 11) is 0. The fraction of sp³-hybridized carbons (Fsp3) is 0.857. The van der Waals surface area contributed by atoms with E-state index in [0.29, 0.717) is 18.9 Å². The SMILES string of the molecule is CCNC(=NCC(C)(C)NC(=O)OC(C)(C)C)NCCCN1CCCCCC1=O. The second kappa shape index (κ2) is 11.9. The fourth-order valence-corrected chi connectivity index (χ4v) is 2.99. The molecule has 168 valence electrons. The van der Waals surface area contributed by atoms with Crippen molar-refractivity contribution in [1.82, 2.24) is 20.9 Å². The summed E-state index contributed by atoms with van der Waals surface area (Å²) in [5.74, 6) is 0.979. The van der Waals surface area contributed by atoms with Gasteiger partial charge in [-0.05, 0) is 60.8 Å². The van der Waals surface area contributed by atoms with E-state index in [2.05, 4.69) is 20.9 Å². The lowest BCUT2D eigenvalue weighted by Gasteiger charge is -2.27. The van der Waals surface area contributed by atoms with Crippen LogP contribution < -0.4 is 16.0 Å². The van der Waals surface area contributed by atoms with E-state index in [9.17, 15) is 9.59 Å². The first-order valence-corrected chi connectivity index (χ1v) is 10.8. The van der Waals surface area contributed by atoms with Crippen molar-refractivity contribution in [2.45, 2.75) is 84.8 Å². The Kier molecular flexibility index (Phi) is 10.3. The smallest absolute Gasteiger partial charge is 0.408 e. The Morgan fingerprint density at radius 2 is 1.86 bits per heavy atom. The molecule has 0 atom stereocenters. The van der Waals surface area contributed by atoms with Crippen LogP contribution in [-0.2, 0) is 9.53 Å². The predicted octanol–water partition coefficient (Wildman–Crippen LogP) is 2.64. The van der Waals surface area contributed by atoms with Gasteiger partial charge in [0.05, 0.1) is 12.1 Å². The molecule has 1 rings (SSSR count). The molecule has 1 saturated heterocycles. The monoisotopic (exact) mass is 411 g/mol. The van der Waals surface area contributed by atoms with E-state index in [4.69, 9.17) is 4.74 Å². The molecule has 0 spiro atoms. The van der Waals surface area contributed by atoms with Gasteiger partial charge < -0.3 is 25.6 Å². The number of carbonyl (C=O) groups excluding carboxylic acids is 2. The number of rotatable bonds is 8. The van der Waals surface area contributed by atoms with Crippen molar-refractivity contribution >= 4 is 18.0 Å². The maximum absolute atomic E-state index is 12.1. The van der Waals surface area contributed by atoms with Gasteiger partial charge in [0, 0.05) is 32.6 Å². The fourth-order valence-electron chi connectivity index (χ4n) is 2.99. The van der Waals surface area contributed by atoms with Crippen LogP contribution >= 0.6 is 0 Å². The minimum Gasteiger partial charge on any atom is -0.444 e. The molecule has 0 aromatic carbocycles. The van der Waals surface area contributed by atoms with Gasteiger partial charge in [-0.25, -0.2) is 4.79 Å². The van der Waals surface area contributed by atoms with Crippen molar-refractivity contribution in [2.24, 2.45) is 4.99 Å². The molecule has 0 aromatic rings. The molecule has 0 aliphatic carbocycles. The van der Waals surface area contributed by atoms with Crippen molar-refractivity contribution in [3.63, 3.8) is 0 Å². The van der Waals surface area contributed by atoms with E-state index in [-0.39, 0.29) is 5.91 Å². The minimum absolute atomic E-state index is 0.276. The van der Waals surface area contributed by atoms with Crippen LogP contribution in [0.4, 0.5) is 4.79 Å². The number of likely N-dealkylation sites (tertiary alicyclic amines) is 1. The van der Waals surface area contributed by atoms with Gasteiger partial charge in [0.2, 0.25) is 5.91 Å². The van der Waals surface area contributed by atoms with Gasteiger partial charge in [-0.1, -0.05) is 6.42 Å². The zero-order valence-corrected chi connectivity index (χ0v) is 19.2. The van der Waals surface area contributed by atoms with Crippen molar-refractivity contribution in [1.29, 1.82) is 0 Å². The summed E-state index contributed by atoms with van der Waals surface area (Å²) in [4.78, 5) is 30.6. The lowest BCUT2D eigenvalue weighted by Crippen LogP contribution is -2.49. The van der Waals surface area contributed by atoms with Crippen LogP contribution in [0.3, 0.4) is 0 Å². The Morgan fingerprint density at radius 3 is 2.52 bits per heavy atom. The van der Waals surface area contributed by atoms with Crippen molar-refractivity contribution in [2.75, 3.05) is 32.7 Å². The van der Waals surface area contributed by atoms with Crippen LogP contribution in [0, 0.1) is 0 Å². The third-order valence-electron chi connectivity index (χ3n) is 4.38. The third-order valence-corrected chi connectivity index (χ3v) is 4.38. The van der Waals surface area contributed by atoms with E-state index in [0.717, 1.165) is 51.9 Å². The van der Waals surface area contributed by atoms with Crippen LogP contribution in [0.1, 0.15) is 73.6 Å². The van der Waals surface area contributed by atoms with Gasteiger partial charge in [0.1, 0.15) is 5.60 Å². The first kappa shape index (κ1) is 25.0. The summed E-state index contributed by atoms with van der Waals surface area (Å²) >= 11 is 0. The minimum atomic E-state index is -0.539. The number of amides is 2. The third kappa shape index (κ3) is 11.6. The molecule has 29 heavy (non-hydrogen) atoms. The maximum atomic E-state index is 12.1. The van der Waals surface area contributed by atoms with E-state index in [1.54, 1.807) is 0 Å². The second-order valence-electron chi connectivity index (χ2n) is 9.18. The van der Waals surface area contributed by atoms with Crippen LogP contribution in [-0.4, -0.2) is 66.7 Å². The Bertz CT molecular complexity index is 555. The highest BCUT2D eigenvalue weighted by atomic mass is 16.6. The lowest BCUT2D eigenvalue weighted by molar-refractivity contribution is -0.130. The Hall–Kier alpha value is -1.99. The summed E-state index contributed by atoms with van der Waals surface area (Å²) in [5.41, 5.74) is -1.07. The number of guanidine groups is 1. The topological polar surface area (TPSA) is 95.1 Å². The van der Waals surface area contributed by atoms with Gasteiger partial charge in [-0.15, -0.1) is 0 Å². The van der Waals surface area contributed by atoms with Gasteiger partial charge in [0.25, 0.3) is 0 Å². The first-order chi connectivity index (χ1) is 13.5. The van der Waals surface area contributed by atoms with E-state index >= 15 is 0 Å². The van der Waals surface area contributed by atoms with Crippen LogP contribution in [0.25, 0.3) is 0 Å². The number of carbonyl (C=O) groups is 2. The second-order valence-corrected chi connectivity index (χ2v) is 9.18. The number of aliphatic imine (C=N–C) groups is 1. The largest absolute Gasteiger partial charge is 0.444 e. The molecule has 0 bridgehead atoms. The number of alkyl carbamates (subject to hydrolysis) is 1. The molecule has 0 radical (unpaired) electrons. The molecule has 1 fully saturated rings. The molecular formula is C21H41N5O3. The Labute approximate surface area is 176 Å². The molecule has 3 N–H and O–H groups in total. The highest BCUT2D eigenvalue weighted by molar-refractivity contribution is 5.80. The van der Waals surface area contributed by atoms with E-state index < -0.39 is 17.2 Å². The number of ether oxygens (including phenoxy) is 1. The zero-order chi connectivity index (χ0) is 21.9. The van der Waals surface area contributed by atoms with Crippen molar-refractivity contribution in [3.8, 4) is 0 Å². The highest BCUT2D eigenvalue weighted by Crippen LogP contribution is 2.11. The van der Waals surface area contributed by atoms with Crippen LogP contribution in [0.15, 0.2) is 4.99 Å². The van der Waals surface area contributed by atoms with E-state index in [1.807, 2.05) is 46.4 Å². The van der Waals surface area contributed by atoms with Crippen molar-refractivity contribution in [3.05, 3.63) is 0 Å². The number of nitrogens with one attached hydrogen (secondary N) is 3. The molecule has 8 heteroatoms. The molecule has 1 aliphatic rings.